The summed E-state index contributed by atoms with van der Waals surface area (Å²) < 4.78 is 5.32. The minimum absolute atomic E-state index is 0.0454. The van der Waals surface area contributed by atoms with Crippen molar-refractivity contribution >= 4 is 11.8 Å². The lowest BCUT2D eigenvalue weighted by molar-refractivity contribution is -0.145. The molecular weight excluding hydrogens is 232 g/mol. The highest BCUT2D eigenvalue weighted by Gasteiger charge is 2.34. The van der Waals surface area contributed by atoms with E-state index in [9.17, 15) is 9.59 Å². The van der Waals surface area contributed by atoms with Gasteiger partial charge < -0.3 is 15.0 Å². The molecule has 2 fully saturated rings. The topological polar surface area (TPSA) is 58.6 Å². The second-order valence-electron chi connectivity index (χ2n) is 5.57. The van der Waals surface area contributed by atoms with Crippen molar-refractivity contribution in [3.8, 4) is 0 Å². The van der Waals surface area contributed by atoms with Crippen molar-refractivity contribution < 1.29 is 14.3 Å². The highest BCUT2D eigenvalue weighted by Crippen LogP contribution is 2.18. The summed E-state index contributed by atoms with van der Waals surface area (Å²) in [5.74, 6) is 0.693. The number of carbonyl (C=O) groups is 2. The molecule has 102 valence electrons. The number of hydrogen-bond donors (Lipinski definition) is 1. The van der Waals surface area contributed by atoms with Crippen molar-refractivity contribution in [2.24, 2.45) is 11.8 Å². The highest BCUT2D eigenvalue weighted by atomic mass is 16.5. The van der Waals surface area contributed by atoms with Gasteiger partial charge in [0.15, 0.2) is 0 Å². The molecule has 1 N–H and O–H groups in total. The van der Waals surface area contributed by atoms with E-state index in [-0.39, 0.29) is 30.3 Å². The predicted octanol–water partition coefficient (Wildman–Crippen LogP) is 0.396. The lowest BCUT2D eigenvalue weighted by Crippen LogP contribution is -2.60. The van der Waals surface area contributed by atoms with Crippen LogP contribution in [0.1, 0.15) is 26.7 Å². The molecule has 0 bridgehead atoms. The van der Waals surface area contributed by atoms with E-state index >= 15 is 0 Å². The SMILES string of the molecule is CC(C)C1NC(=O)CN(CCC2CCOC2)C1=O. The summed E-state index contributed by atoms with van der Waals surface area (Å²) in [7, 11) is 0. The Kier molecular flexibility index (Phi) is 4.22. The van der Waals surface area contributed by atoms with Crippen LogP contribution in [-0.2, 0) is 14.3 Å². The molecule has 0 aromatic heterocycles. The summed E-state index contributed by atoms with van der Waals surface area (Å²) in [6, 6.07) is -0.355. The summed E-state index contributed by atoms with van der Waals surface area (Å²) in [4.78, 5) is 25.5. The summed E-state index contributed by atoms with van der Waals surface area (Å²) >= 11 is 0. The zero-order chi connectivity index (χ0) is 13.1. The fraction of sp³-hybridized carbons (Fsp3) is 0.846. The van der Waals surface area contributed by atoms with E-state index in [4.69, 9.17) is 4.74 Å². The molecule has 2 heterocycles. The molecule has 0 aromatic carbocycles. The maximum atomic E-state index is 12.2. The van der Waals surface area contributed by atoms with E-state index in [1.807, 2.05) is 13.8 Å². The average Bonchev–Trinajstić information content (AvgIpc) is 2.82. The van der Waals surface area contributed by atoms with Crippen LogP contribution in [0.15, 0.2) is 0 Å². The molecule has 5 nitrogen and oxygen atoms in total. The van der Waals surface area contributed by atoms with E-state index in [1.54, 1.807) is 4.90 Å². The quantitative estimate of drug-likeness (QED) is 0.790. The molecule has 2 saturated heterocycles. The molecule has 2 atom stereocenters. The molecule has 2 unspecified atom stereocenters. The number of nitrogens with zero attached hydrogens (tertiary/aromatic N) is 1. The van der Waals surface area contributed by atoms with Gasteiger partial charge >= 0.3 is 0 Å². The smallest absolute Gasteiger partial charge is 0.245 e. The lowest BCUT2D eigenvalue weighted by atomic mass is 9.99. The van der Waals surface area contributed by atoms with Gasteiger partial charge in [-0.1, -0.05) is 13.8 Å². The van der Waals surface area contributed by atoms with Crippen LogP contribution < -0.4 is 5.32 Å². The number of amides is 2. The second-order valence-corrected chi connectivity index (χ2v) is 5.57. The first kappa shape index (κ1) is 13.3. The third-order valence-corrected chi connectivity index (χ3v) is 3.73. The number of carbonyl (C=O) groups excluding carboxylic acids is 2. The molecule has 2 aliphatic rings. The van der Waals surface area contributed by atoms with Gasteiger partial charge in [0, 0.05) is 19.8 Å². The normalized spacial score (nSPS) is 28.9. The molecular formula is C13H22N2O3. The van der Waals surface area contributed by atoms with Gasteiger partial charge in [0.2, 0.25) is 11.8 Å². The number of nitrogens with one attached hydrogen (secondary N) is 1. The molecule has 0 aliphatic carbocycles. The Morgan fingerprint density at radius 1 is 1.44 bits per heavy atom. The largest absolute Gasteiger partial charge is 0.381 e. The maximum absolute atomic E-state index is 12.2. The monoisotopic (exact) mass is 254 g/mol. The Labute approximate surface area is 108 Å². The minimum Gasteiger partial charge on any atom is -0.381 e. The minimum atomic E-state index is -0.355. The third kappa shape index (κ3) is 3.02. The van der Waals surface area contributed by atoms with Gasteiger partial charge in [-0.2, -0.15) is 0 Å². The molecule has 2 rings (SSSR count). The Balaban J connectivity index is 1.89. The standard InChI is InChI=1S/C13H22N2O3/c1-9(2)12-13(17)15(7-11(16)14-12)5-3-10-4-6-18-8-10/h9-10,12H,3-8H2,1-2H3,(H,14,16). The van der Waals surface area contributed by atoms with Crippen LogP contribution >= 0.6 is 0 Å². The van der Waals surface area contributed by atoms with E-state index in [1.165, 1.54) is 0 Å². The summed E-state index contributed by atoms with van der Waals surface area (Å²) in [5, 5.41) is 2.77. The van der Waals surface area contributed by atoms with Crippen molar-refractivity contribution in [2.75, 3.05) is 26.3 Å². The third-order valence-electron chi connectivity index (χ3n) is 3.73. The van der Waals surface area contributed by atoms with Crippen LogP contribution in [-0.4, -0.2) is 49.1 Å². The molecule has 2 aliphatic heterocycles. The first-order valence-electron chi connectivity index (χ1n) is 6.74. The van der Waals surface area contributed by atoms with Crippen LogP contribution in [0.4, 0.5) is 0 Å². The number of piperazine rings is 1. The molecule has 0 aromatic rings. The Morgan fingerprint density at radius 3 is 2.83 bits per heavy atom. The molecule has 0 saturated carbocycles. The average molecular weight is 254 g/mol. The summed E-state index contributed by atoms with van der Waals surface area (Å²) in [6.45, 7) is 6.41. The van der Waals surface area contributed by atoms with Crippen molar-refractivity contribution in [2.45, 2.75) is 32.7 Å². The van der Waals surface area contributed by atoms with E-state index in [0.29, 0.717) is 12.5 Å². The predicted molar refractivity (Wildman–Crippen MR) is 66.9 cm³/mol. The first-order valence-corrected chi connectivity index (χ1v) is 6.74. The van der Waals surface area contributed by atoms with Crippen molar-refractivity contribution in [3.63, 3.8) is 0 Å². The van der Waals surface area contributed by atoms with Gasteiger partial charge in [-0.15, -0.1) is 0 Å². The number of ether oxygens (including phenoxy) is 1. The molecule has 0 spiro atoms. The molecule has 0 radical (unpaired) electrons. The van der Waals surface area contributed by atoms with Gasteiger partial charge in [-0.25, -0.2) is 0 Å². The van der Waals surface area contributed by atoms with Crippen LogP contribution in [0.5, 0.6) is 0 Å². The maximum Gasteiger partial charge on any atom is 0.245 e. The number of rotatable bonds is 4. The summed E-state index contributed by atoms with van der Waals surface area (Å²) in [5.41, 5.74) is 0. The Hall–Kier alpha value is -1.10. The van der Waals surface area contributed by atoms with Gasteiger partial charge in [-0.3, -0.25) is 9.59 Å². The van der Waals surface area contributed by atoms with Crippen LogP contribution in [0.25, 0.3) is 0 Å². The van der Waals surface area contributed by atoms with Gasteiger partial charge in [0.25, 0.3) is 0 Å². The van der Waals surface area contributed by atoms with E-state index in [0.717, 1.165) is 26.1 Å². The van der Waals surface area contributed by atoms with Crippen molar-refractivity contribution in [1.29, 1.82) is 0 Å². The lowest BCUT2D eigenvalue weighted by Gasteiger charge is -2.34. The molecule has 18 heavy (non-hydrogen) atoms. The van der Waals surface area contributed by atoms with Crippen LogP contribution in [0.3, 0.4) is 0 Å². The second kappa shape index (κ2) is 5.69. The molecule has 2 amide bonds. The van der Waals surface area contributed by atoms with E-state index < -0.39 is 0 Å². The fourth-order valence-electron chi connectivity index (χ4n) is 2.52. The zero-order valence-corrected chi connectivity index (χ0v) is 11.1. The zero-order valence-electron chi connectivity index (χ0n) is 11.1. The highest BCUT2D eigenvalue weighted by molar-refractivity contribution is 5.94. The van der Waals surface area contributed by atoms with Crippen molar-refractivity contribution in [3.05, 3.63) is 0 Å². The van der Waals surface area contributed by atoms with E-state index in [2.05, 4.69) is 5.32 Å². The van der Waals surface area contributed by atoms with Gasteiger partial charge in [0.1, 0.15) is 6.04 Å². The van der Waals surface area contributed by atoms with Crippen LogP contribution in [0.2, 0.25) is 0 Å². The van der Waals surface area contributed by atoms with Crippen molar-refractivity contribution in [1.82, 2.24) is 10.2 Å². The van der Waals surface area contributed by atoms with Gasteiger partial charge in [-0.05, 0) is 24.7 Å². The van der Waals surface area contributed by atoms with Crippen LogP contribution in [0, 0.1) is 11.8 Å². The Morgan fingerprint density at radius 2 is 2.22 bits per heavy atom. The fourth-order valence-corrected chi connectivity index (χ4v) is 2.52. The molecule has 5 heteroatoms. The number of hydrogen-bond acceptors (Lipinski definition) is 3. The summed E-state index contributed by atoms with van der Waals surface area (Å²) in [6.07, 6.45) is 2.01. The Bertz CT molecular complexity index is 324. The van der Waals surface area contributed by atoms with Gasteiger partial charge in [0.05, 0.1) is 6.54 Å². The first-order chi connectivity index (χ1) is 8.58.